The standard InChI is InChI=1S/C30H28N4O5S/c1-18-27(29(37)34-20-7-5-4-6-8-20)28(19-9-14-24(35)25(15-19)39-3)23(16-31)30(32-18)40-17-26(36)33-21-10-12-22(38-2)13-11-21/h4-15,28,32,35H,17H2,1-3H3,(H,33,36)(H,34,37)/t28-/m0/s1. The van der Waals surface area contributed by atoms with Crippen LogP contribution in [-0.2, 0) is 9.59 Å². The molecule has 204 valence electrons. The summed E-state index contributed by atoms with van der Waals surface area (Å²) in [6.07, 6.45) is 0. The third-order valence-electron chi connectivity index (χ3n) is 6.18. The molecule has 0 aliphatic carbocycles. The maximum atomic E-state index is 13.6. The van der Waals surface area contributed by atoms with Gasteiger partial charge in [0.05, 0.1) is 42.6 Å². The Hall–Kier alpha value is -4.88. The van der Waals surface area contributed by atoms with Crippen LogP contribution in [0, 0.1) is 11.3 Å². The van der Waals surface area contributed by atoms with Gasteiger partial charge in [0.2, 0.25) is 5.91 Å². The van der Waals surface area contributed by atoms with Gasteiger partial charge in [-0.3, -0.25) is 9.59 Å². The van der Waals surface area contributed by atoms with E-state index < -0.39 is 5.92 Å². The van der Waals surface area contributed by atoms with E-state index in [2.05, 4.69) is 22.0 Å². The Kier molecular flexibility index (Phi) is 8.99. The van der Waals surface area contributed by atoms with Gasteiger partial charge in [0.1, 0.15) is 5.75 Å². The Morgan fingerprint density at radius 2 is 1.70 bits per heavy atom. The largest absolute Gasteiger partial charge is 0.504 e. The van der Waals surface area contributed by atoms with Crippen LogP contribution in [0.2, 0.25) is 0 Å². The minimum Gasteiger partial charge on any atom is -0.504 e. The zero-order valence-electron chi connectivity index (χ0n) is 22.1. The molecular weight excluding hydrogens is 528 g/mol. The number of aromatic hydroxyl groups is 1. The van der Waals surface area contributed by atoms with Crippen LogP contribution in [-0.4, -0.2) is 36.9 Å². The number of dihydropyridines is 1. The molecule has 0 saturated carbocycles. The Bertz CT molecular complexity index is 1510. The molecule has 1 heterocycles. The van der Waals surface area contributed by atoms with E-state index in [-0.39, 0.29) is 34.6 Å². The van der Waals surface area contributed by atoms with Crippen molar-refractivity contribution in [2.24, 2.45) is 0 Å². The lowest BCUT2D eigenvalue weighted by atomic mass is 9.82. The lowest BCUT2D eigenvalue weighted by Gasteiger charge is -2.30. The first kappa shape index (κ1) is 28.1. The minimum atomic E-state index is -0.781. The quantitative estimate of drug-likeness (QED) is 0.286. The second-order valence-electron chi connectivity index (χ2n) is 8.77. The number of nitrogens with one attached hydrogen (secondary N) is 3. The van der Waals surface area contributed by atoms with Gasteiger partial charge < -0.3 is 30.5 Å². The van der Waals surface area contributed by atoms with Crippen molar-refractivity contribution in [1.82, 2.24) is 5.32 Å². The van der Waals surface area contributed by atoms with Gasteiger partial charge in [-0.1, -0.05) is 36.0 Å². The molecule has 1 aliphatic heterocycles. The van der Waals surface area contributed by atoms with Gasteiger partial charge in [-0.25, -0.2) is 0 Å². The van der Waals surface area contributed by atoms with Gasteiger partial charge >= 0.3 is 0 Å². The summed E-state index contributed by atoms with van der Waals surface area (Å²) in [5.41, 5.74) is 2.92. The lowest BCUT2D eigenvalue weighted by molar-refractivity contribution is -0.114. The maximum Gasteiger partial charge on any atom is 0.254 e. The number of carbonyl (C=O) groups excluding carboxylic acids is 2. The highest BCUT2D eigenvalue weighted by Gasteiger charge is 2.35. The van der Waals surface area contributed by atoms with Gasteiger partial charge in [-0.2, -0.15) is 5.26 Å². The van der Waals surface area contributed by atoms with E-state index in [1.54, 1.807) is 62.6 Å². The van der Waals surface area contributed by atoms with Crippen LogP contribution in [0.25, 0.3) is 0 Å². The molecule has 10 heteroatoms. The van der Waals surface area contributed by atoms with Crippen molar-refractivity contribution in [3.8, 4) is 23.3 Å². The van der Waals surface area contributed by atoms with E-state index >= 15 is 0 Å². The van der Waals surface area contributed by atoms with Crippen molar-refractivity contribution < 1.29 is 24.2 Å². The Balaban J connectivity index is 1.64. The van der Waals surface area contributed by atoms with Crippen LogP contribution in [0.15, 0.2) is 94.7 Å². The van der Waals surface area contributed by atoms with Crippen molar-refractivity contribution in [2.75, 3.05) is 30.6 Å². The number of thioether (sulfide) groups is 1. The number of phenols is 1. The van der Waals surface area contributed by atoms with Crippen molar-refractivity contribution in [3.05, 3.63) is 100 Å². The van der Waals surface area contributed by atoms with Gasteiger partial charge in [0, 0.05) is 22.6 Å². The molecule has 9 nitrogen and oxygen atoms in total. The molecule has 1 aliphatic rings. The molecule has 0 aromatic heterocycles. The molecule has 0 saturated heterocycles. The van der Waals surface area contributed by atoms with Crippen LogP contribution in [0.5, 0.6) is 17.2 Å². The summed E-state index contributed by atoms with van der Waals surface area (Å²) in [6, 6.07) is 22.9. The molecule has 2 amide bonds. The summed E-state index contributed by atoms with van der Waals surface area (Å²) >= 11 is 1.16. The zero-order chi connectivity index (χ0) is 28.6. The number of allylic oxidation sites excluding steroid dienone is 2. The van der Waals surface area contributed by atoms with Crippen molar-refractivity contribution in [1.29, 1.82) is 5.26 Å². The molecule has 40 heavy (non-hydrogen) atoms. The number of hydrogen-bond acceptors (Lipinski definition) is 8. The second-order valence-corrected chi connectivity index (χ2v) is 9.75. The van der Waals surface area contributed by atoms with Crippen LogP contribution in [0.4, 0.5) is 11.4 Å². The number of para-hydroxylation sites is 1. The van der Waals surface area contributed by atoms with Crippen molar-refractivity contribution in [2.45, 2.75) is 12.8 Å². The first-order chi connectivity index (χ1) is 19.3. The molecule has 1 atom stereocenters. The topological polar surface area (TPSA) is 133 Å². The van der Waals surface area contributed by atoms with Crippen LogP contribution in [0.3, 0.4) is 0 Å². The predicted molar refractivity (Wildman–Crippen MR) is 155 cm³/mol. The summed E-state index contributed by atoms with van der Waals surface area (Å²) < 4.78 is 10.4. The van der Waals surface area contributed by atoms with Crippen LogP contribution < -0.4 is 25.4 Å². The number of methoxy groups -OCH3 is 2. The number of phenolic OH excluding ortho intramolecular Hbond substituents is 1. The summed E-state index contributed by atoms with van der Waals surface area (Å²) in [6.45, 7) is 1.75. The van der Waals surface area contributed by atoms with Gasteiger partial charge in [-0.05, 0) is 61.0 Å². The monoisotopic (exact) mass is 556 g/mol. The number of benzene rings is 3. The fourth-order valence-electron chi connectivity index (χ4n) is 4.26. The molecule has 4 rings (SSSR count). The van der Waals surface area contributed by atoms with E-state index in [9.17, 15) is 20.0 Å². The van der Waals surface area contributed by atoms with E-state index in [0.717, 1.165) is 11.8 Å². The van der Waals surface area contributed by atoms with Gasteiger partial charge in [0.25, 0.3) is 5.91 Å². The average molecular weight is 557 g/mol. The molecule has 4 N–H and O–H groups in total. The number of anilines is 2. The lowest BCUT2D eigenvalue weighted by Crippen LogP contribution is -2.31. The SMILES string of the molecule is COc1ccc(NC(=O)CSC2=C(C#N)[C@H](c3ccc(O)c(OC)c3)C(C(=O)Nc3ccccc3)=C(C)N2)cc1. The maximum absolute atomic E-state index is 13.6. The van der Waals surface area contributed by atoms with E-state index in [4.69, 9.17) is 9.47 Å². The Morgan fingerprint density at radius 3 is 2.35 bits per heavy atom. The Labute approximate surface area is 236 Å². The summed E-state index contributed by atoms with van der Waals surface area (Å²) in [4.78, 5) is 26.3. The highest BCUT2D eigenvalue weighted by Crippen LogP contribution is 2.43. The van der Waals surface area contributed by atoms with Crippen molar-refractivity contribution in [3.63, 3.8) is 0 Å². The third kappa shape index (κ3) is 6.39. The predicted octanol–water partition coefficient (Wildman–Crippen LogP) is 5.12. The highest BCUT2D eigenvalue weighted by atomic mass is 32.2. The summed E-state index contributed by atoms with van der Waals surface area (Å²) in [5.74, 6) is -0.596. The molecule has 0 radical (unpaired) electrons. The first-order valence-electron chi connectivity index (χ1n) is 12.3. The van der Waals surface area contributed by atoms with E-state index in [1.807, 2.05) is 18.2 Å². The van der Waals surface area contributed by atoms with Crippen LogP contribution in [0.1, 0.15) is 18.4 Å². The zero-order valence-corrected chi connectivity index (χ0v) is 23.0. The second kappa shape index (κ2) is 12.8. The minimum absolute atomic E-state index is 0.0178. The molecule has 0 unspecified atom stereocenters. The summed E-state index contributed by atoms with van der Waals surface area (Å²) in [5, 5.41) is 29.8. The number of nitriles is 1. The molecular formula is C30H28N4O5S. The first-order valence-corrected chi connectivity index (χ1v) is 13.2. The highest BCUT2D eigenvalue weighted by molar-refractivity contribution is 8.03. The van der Waals surface area contributed by atoms with E-state index in [0.29, 0.717) is 39.0 Å². The van der Waals surface area contributed by atoms with Crippen molar-refractivity contribution >= 4 is 35.0 Å². The van der Waals surface area contributed by atoms with Gasteiger partial charge in [-0.15, -0.1) is 0 Å². The van der Waals surface area contributed by atoms with Gasteiger partial charge in [0.15, 0.2) is 11.5 Å². The average Bonchev–Trinajstić information content (AvgIpc) is 2.96. The fraction of sp³-hybridized carbons (Fsp3) is 0.167. The number of hydrogen-bond donors (Lipinski definition) is 4. The number of amides is 2. The number of carbonyl (C=O) groups is 2. The fourth-order valence-corrected chi connectivity index (χ4v) is 5.16. The molecule has 0 fully saturated rings. The number of rotatable bonds is 9. The smallest absolute Gasteiger partial charge is 0.254 e. The molecule has 3 aromatic carbocycles. The number of nitrogens with zero attached hydrogens (tertiary/aromatic N) is 1. The molecule has 0 spiro atoms. The third-order valence-corrected chi connectivity index (χ3v) is 7.20. The number of ether oxygens (including phenoxy) is 2. The Morgan fingerprint density at radius 1 is 1.00 bits per heavy atom. The normalized spacial score (nSPS) is 14.6. The van der Waals surface area contributed by atoms with Crippen LogP contribution >= 0.6 is 11.8 Å². The molecule has 3 aromatic rings. The molecule has 0 bridgehead atoms. The summed E-state index contributed by atoms with van der Waals surface area (Å²) in [7, 11) is 2.99. The van der Waals surface area contributed by atoms with E-state index in [1.165, 1.54) is 13.2 Å².